The molecule has 1 aliphatic rings. The average molecular weight is 153 g/mol. The summed E-state index contributed by atoms with van der Waals surface area (Å²) in [7, 11) is 0. The Balaban J connectivity index is 2.36. The van der Waals surface area contributed by atoms with E-state index in [9.17, 15) is 0 Å². The molecule has 0 radical (unpaired) electrons. The maximum Gasteiger partial charge on any atom is 0.0974 e. The van der Waals surface area contributed by atoms with Gasteiger partial charge in [0.05, 0.1) is 12.6 Å². The average Bonchev–Trinajstić information content (AvgIpc) is 2.29. The van der Waals surface area contributed by atoms with Crippen LogP contribution in [0.4, 0.5) is 0 Å². The Labute approximate surface area is 68.0 Å². The molecule has 0 saturated carbocycles. The summed E-state index contributed by atoms with van der Waals surface area (Å²) in [6, 6.07) is 3.25. The molecule has 1 fully saturated rings. The van der Waals surface area contributed by atoms with E-state index in [0.29, 0.717) is 18.6 Å². The van der Waals surface area contributed by atoms with E-state index >= 15 is 0 Å². The van der Waals surface area contributed by atoms with Gasteiger partial charge in [-0.15, -0.1) is 0 Å². The van der Waals surface area contributed by atoms with Gasteiger partial charge in [0, 0.05) is 12.1 Å². The van der Waals surface area contributed by atoms with Crippen LogP contribution < -0.4 is 5.43 Å². The second kappa shape index (κ2) is 3.70. The lowest BCUT2D eigenvalue weighted by Crippen LogP contribution is -2.44. The monoisotopic (exact) mass is 153 g/mol. The minimum absolute atomic E-state index is 0.425. The highest BCUT2D eigenvalue weighted by Gasteiger charge is 2.26. The van der Waals surface area contributed by atoms with Gasteiger partial charge in [-0.25, -0.2) is 10.4 Å². The molecule has 1 saturated heterocycles. The Bertz CT molecular complexity index is 151. The quantitative estimate of drug-likeness (QED) is 0.599. The molecular formula is C8H15N3. The lowest BCUT2D eigenvalue weighted by atomic mass is 10.2. The van der Waals surface area contributed by atoms with Crippen LogP contribution in [-0.2, 0) is 0 Å². The molecule has 1 N–H and O–H groups in total. The summed E-state index contributed by atoms with van der Waals surface area (Å²) in [6.07, 6.45) is 2.47. The van der Waals surface area contributed by atoms with Crippen molar-refractivity contribution in [2.75, 3.05) is 6.54 Å². The second-order valence-electron chi connectivity index (χ2n) is 3.18. The Kier molecular flexibility index (Phi) is 2.86. The summed E-state index contributed by atoms with van der Waals surface area (Å²) < 4.78 is 0. The fraction of sp³-hybridized carbons (Fsp3) is 0.875. The van der Waals surface area contributed by atoms with Crippen molar-refractivity contribution < 1.29 is 0 Å². The number of hydrazine groups is 1. The molecule has 11 heavy (non-hydrogen) atoms. The predicted octanol–water partition coefficient (Wildman–Crippen LogP) is 0.887. The third-order valence-corrected chi connectivity index (χ3v) is 2.29. The third kappa shape index (κ3) is 1.92. The summed E-state index contributed by atoms with van der Waals surface area (Å²) in [5, 5.41) is 10.5. The first-order valence-corrected chi connectivity index (χ1v) is 4.14. The van der Waals surface area contributed by atoms with E-state index < -0.39 is 0 Å². The lowest BCUT2D eigenvalue weighted by Gasteiger charge is -2.25. The zero-order valence-corrected chi connectivity index (χ0v) is 7.17. The van der Waals surface area contributed by atoms with Crippen molar-refractivity contribution in [3.8, 4) is 6.07 Å². The van der Waals surface area contributed by atoms with Crippen molar-refractivity contribution in [1.82, 2.24) is 10.4 Å². The molecule has 2 unspecified atom stereocenters. The smallest absolute Gasteiger partial charge is 0.0974 e. The van der Waals surface area contributed by atoms with E-state index in [4.69, 9.17) is 5.26 Å². The minimum atomic E-state index is 0.425. The summed E-state index contributed by atoms with van der Waals surface area (Å²) in [5.74, 6) is 0. The molecule has 0 aromatic carbocycles. The lowest BCUT2D eigenvalue weighted by molar-refractivity contribution is 0.144. The molecule has 1 rings (SSSR count). The number of nitrogens with one attached hydrogen (secondary N) is 1. The van der Waals surface area contributed by atoms with E-state index in [2.05, 4.69) is 30.4 Å². The number of nitriles is 1. The Morgan fingerprint density at radius 2 is 2.00 bits per heavy atom. The summed E-state index contributed by atoms with van der Waals surface area (Å²) in [6.45, 7) is 4.80. The van der Waals surface area contributed by atoms with Gasteiger partial charge in [-0.1, -0.05) is 0 Å². The first-order chi connectivity index (χ1) is 5.25. The molecule has 62 valence electrons. The van der Waals surface area contributed by atoms with Crippen LogP contribution in [0.5, 0.6) is 0 Å². The van der Waals surface area contributed by atoms with Crippen LogP contribution in [0, 0.1) is 11.3 Å². The first kappa shape index (κ1) is 8.51. The maximum atomic E-state index is 8.36. The fourth-order valence-corrected chi connectivity index (χ4v) is 1.63. The summed E-state index contributed by atoms with van der Waals surface area (Å²) in [5.41, 5.74) is 3.10. The van der Waals surface area contributed by atoms with Crippen molar-refractivity contribution in [3.05, 3.63) is 0 Å². The molecule has 1 aliphatic heterocycles. The second-order valence-corrected chi connectivity index (χ2v) is 3.18. The van der Waals surface area contributed by atoms with Crippen LogP contribution in [-0.4, -0.2) is 23.6 Å². The topological polar surface area (TPSA) is 39.1 Å². The molecule has 3 heteroatoms. The van der Waals surface area contributed by atoms with Crippen molar-refractivity contribution in [2.24, 2.45) is 0 Å². The first-order valence-electron chi connectivity index (χ1n) is 4.14. The molecule has 0 bridgehead atoms. The van der Waals surface area contributed by atoms with Crippen molar-refractivity contribution in [2.45, 2.75) is 38.8 Å². The largest absolute Gasteiger partial charge is 0.240 e. The van der Waals surface area contributed by atoms with Gasteiger partial charge in [-0.3, -0.25) is 0 Å². The van der Waals surface area contributed by atoms with Gasteiger partial charge in [-0.05, 0) is 26.7 Å². The molecule has 0 aromatic rings. The standard InChI is InChI=1S/C8H15N3/c1-7-3-4-8(2)11(7)10-6-5-9/h7-8,10H,3-4,6H2,1-2H3. The van der Waals surface area contributed by atoms with Gasteiger partial charge >= 0.3 is 0 Å². The summed E-state index contributed by atoms with van der Waals surface area (Å²) >= 11 is 0. The zero-order valence-electron chi connectivity index (χ0n) is 7.17. The van der Waals surface area contributed by atoms with E-state index in [-0.39, 0.29) is 0 Å². The number of nitrogens with zero attached hydrogens (tertiary/aromatic N) is 2. The number of hydrogen-bond donors (Lipinski definition) is 1. The highest BCUT2D eigenvalue weighted by atomic mass is 15.5. The molecule has 0 aliphatic carbocycles. The molecule has 3 nitrogen and oxygen atoms in total. The molecule has 0 amide bonds. The number of rotatable bonds is 2. The Morgan fingerprint density at radius 3 is 2.45 bits per heavy atom. The maximum absolute atomic E-state index is 8.36. The normalized spacial score (nSPS) is 32.1. The van der Waals surface area contributed by atoms with Crippen LogP contribution in [0.3, 0.4) is 0 Å². The Hall–Kier alpha value is -0.590. The van der Waals surface area contributed by atoms with Crippen molar-refractivity contribution in [3.63, 3.8) is 0 Å². The highest BCUT2D eigenvalue weighted by Crippen LogP contribution is 2.20. The third-order valence-electron chi connectivity index (χ3n) is 2.29. The van der Waals surface area contributed by atoms with Crippen molar-refractivity contribution >= 4 is 0 Å². The van der Waals surface area contributed by atoms with Crippen LogP contribution >= 0.6 is 0 Å². The molecule has 0 aromatic heterocycles. The van der Waals surface area contributed by atoms with Gasteiger partial charge in [0.1, 0.15) is 0 Å². The fourth-order valence-electron chi connectivity index (χ4n) is 1.63. The van der Waals surface area contributed by atoms with Gasteiger partial charge < -0.3 is 0 Å². The van der Waals surface area contributed by atoms with Gasteiger partial charge in [-0.2, -0.15) is 5.26 Å². The predicted molar refractivity (Wildman–Crippen MR) is 43.6 cm³/mol. The van der Waals surface area contributed by atoms with Crippen LogP contribution in [0.15, 0.2) is 0 Å². The summed E-state index contributed by atoms with van der Waals surface area (Å²) in [4.78, 5) is 0. The van der Waals surface area contributed by atoms with Crippen LogP contribution in [0.25, 0.3) is 0 Å². The van der Waals surface area contributed by atoms with E-state index in [0.717, 1.165) is 0 Å². The van der Waals surface area contributed by atoms with Crippen LogP contribution in [0.1, 0.15) is 26.7 Å². The Morgan fingerprint density at radius 1 is 1.45 bits per heavy atom. The van der Waals surface area contributed by atoms with Gasteiger partial charge in [0.25, 0.3) is 0 Å². The molecule has 1 heterocycles. The zero-order chi connectivity index (χ0) is 8.27. The van der Waals surface area contributed by atoms with Gasteiger partial charge in [0.15, 0.2) is 0 Å². The SMILES string of the molecule is CC1CCC(C)N1NCC#N. The van der Waals surface area contributed by atoms with E-state index in [1.54, 1.807) is 0 Å². The minimum Gasteiger partial charge on any atom is -0.240 e. The molecule has 0 spiro atoms. The highest BCUT2D eigenvalue weighted by molar-refractivity contribution is 4.82. The van der Waals surface area contributed by atoms with Crippen molar-refractivity contribution in [1.29, 1.82) is 5.26 Å². The van der Waals surface area contributed by atoms with E-state index in [1.165, 1.54) is 12.8 Å². The number of hydrogen-bond acceptors (Lipinski definition) is 3. The molecule has 2 atom stereocenters. The molecular weight excluding hydrogens is 138 g/mol. The van der Waals surface area contributed by atoms with Crippen LogP contribution in [0.2, 0.25) is 0 Å². The van der Waals surface area contributed by atoms with E-state index in [1.807, 2.05) is 0 Å². The van der Waals surface area contributed by atoms with Gasteiger partial charge in [0.2, 0.25) is 0 Å².